The van der Waals surface area contributed by atoms with Crippen LogP contribution in [-0.4, -0.2) is 32.8 Å². The summed E-state index contributed by atoms with van der Waals surface area (Å²) in [5.41, 5.74) is 3.20. The van der Waals surface area contributed by atoms with E-state index in [-0.39, 0.29) is 0 Å². The molecule has 0 radical (unpaired) electrons. The first kappa shape index (κ1) is 22.9. The number of hydrogen-bond donors (Lipinski definition) is 0. The van der Waals surface area contributed by atoms with E-state index in [1.165, 1.54) is 10.4 Å². The monoisotopic (exact) mass is 455 g/mol. The first-order chi connectivity index (χ1) is 16.2. The SMILES string of the molecule is CC(CCN(CCc1cccs1)Cc1nncn1Cc1ccc(C#N)cc1)c1ccccc1. The van der Waals surface area contributed by atoms with Crippen LogP contribution in [0.4, 0.5) is 0 Å². The Hall–Kier alpha value is -3.27. The second-order valence-electron chi connectivity index (χ2n) is 8.39. The number of hydrogen-bond acceptors (Lipinski definition) is 5. The summed E-state index contributed by atoms with van der Waals surface area (Å²) in [5, 5.41) is 19.8. The molecule has 2 aromatic heterocycles. The molecule has 2 heterocycles. The van der Waals surface area contributed by atoms with Crippen LogP contribution >= 0.6 is 11.3 Å². The van der Waals surface area contributed by atoms with Crippen molar-refractivity contribution in [3.63, 3.8) is 0 Å². The van der Waals surface area contributed by atoms with Gasteiger partial charge in [-0.25, -0.2) is 0 Å². The maximum atomic E-state index is 9.03. The molecule has 0 saturated carbocycles. The van der Waals surface area contributed by atoms with E-state index in [0.717, 1.165) is 43.9 Å². The van der Waals surface area contributed by atoms with Crippen molar-refractivity contribution in [2.24, 2.45) is 0 Å². The summed E-state index contributed by atoms with van der Waals surface area (Å²) < 4.78 is 2.11. The Balaban J connectivity index is 1.43. The van der Waals surface area contributed by atoms with Crippen LogP contribution in [0.2, 0.25) is 0 Å². The van der Waals surface area contributed by atoms with Crippen LogP contribution in [-0.2, 0) is 19.5 Å². The molecule has 0 aliphatic carbocycles. The minimum absolute atomic E-state index is 0.506. The molecule has 33 heavy (non-hydrogen) atoms. The number of benzene rings is 2. The van der Waals surface area contributed by atoms with Crippen molar-refractivity contribution in [1.29, 1.82) is 5.26 Å². The minimum atomic E-state index is 0.506. The van der Waals surface area contributed by atoms with Crippen molar-refractivity contribution in [3.05, 3.63) is 106 Å². The Kier molecular flexibility index (Phi) is 8.02. The van der Waals surface area contributed by atoms with Crippen molar-refractivity contribution in [2.45, 2.75) is 38.8 Å². The van der Waals surface area contributed by atoms with Gasteiger partial charge in [0.15, 0.2) is 0 Å². The van der Waals surface area contributed by atoms with Crippen molar-refractivity contribution < 1.29 is 0 Å². The molecule has 2 aromatic carbocycles. The number of nitrogens with zero attached hydrogens (tertiary/aromatic N) is 5. The molecule has 0 amide bonds. The van der Waals surface area contributed by atoms with Crippen LogP contribution in [0.15, 0.2) is 78.4 Å². The van der Waals surface area contributed by atoms with Crippen LogP contribution in [0.3, 0.4) is 0 Å². The second-order valence-corrected chi connectivity index (χ2v) is 9.42. The Bertz CT molecular complexity index is 1140. The van der Waals surface area contributed by atoms with E-state index in [1.807, 2.05) is 35.6 Å². The fourth-order valence-corrected chi connectivity index (χ4v) is 4.63. The van der Waals surface area contributed by atoms with E-state index in [9.17, 15) is 0 Å². The highest BCUT2D eigenvalue weighted by Gasteiger charge is 2.14. The van der Waals surface area contributed by atoms with Crippen molar-refractivity contribution in [1.82, 2.24) is 19.7 Å². The molecule has 0 fully saturated rings. The molecule has 0 saturated heterocycles. The second kappa shape index (κ2) is 11.6. The highest BCUT2D eigenvalue weighted by atomic mass is 32.1. The highest BCUT2D eigenvalue weighted by Crippen LogP contribution is 2.20. The minimum Gasteiger partial charge on any atom is -0.312 e. The maximum absolute atomic E-state index is 9.03. The lowest BCUT2D eigenvalue weighted by atomic mass is 9.97. The molecule has 4 aromatic rings. The maximum Gasteiger partial charge on any atom is 0.147 e. The summed E-state index contributed by atoms with van der Waals surface area (Å²) in [6, 6.07) is 25.0. The van der Waals surface area contributed by atoms with Gasteiger partial charge in [-0.2, -0.15) is 5.26 Å². The van der Waals surface area contributed by atoms with Crippen LogP contribution in [0.5, 0.6) is 0 Å². The van der Waals surface area contributed by atoms with E-state index in [0.29, 0.717) is 18.0 Å². The predicted octanol–water partition coefficient (Wildman–Crippen LogP) is 5.50. The zero-order valence-corrected chi connectivity index (χ0v) is 19.8. The molecule has 0 N–H and O–H groups in total. The number of aromatic nitrogens is 3. The number of rotatable bonds is 11. The van der Waals surface area contributed by atoms with E-state index < -0.39 is 0 Å². The molecule has 4 rings (SSSR count). The molecule has 1 unspecified atom stereocenters. The topological polar surface area (TPSA) is 57.7 Å². The Morgan fingerprint density at radius 1 is 1.03 bits per heavy atom. The third-order valence-corrected chi connectivity index (χ3v) is 6.93. The smallest absolute Gasteiger partial charge is 0.147 e. The number of thiophene rings is 1. The van der Waals surface area contributed by atoms with Gasteiger partial charge in [0.25, 0.3) is 0 Å². The first-order valence-corrected chi connectivity index (χ1v) is 12.2. The molecule has 0 aliphatic heterocycles. The molecular formula is C27H29N5S. The zero-order chi connectivity index (χ0) is 22.9. The Morgan fingerprint density at radius 2 is 1.85 bits per heavy atom. The van der Waals surface area contributed by atoms with Gasteiger partial charge in [0.2, 0.25) is 0 Å². The first-order valence-electron chi connectivity index (χ1n) is 11.4. The van der Waals surface area contributed by atoms with Crippen molar-refractivity contribution >= 4 is 11.3 Å². The average Bonchev–Trinajstić information content (AvgIpc) is 3.54. The third-order valence-electron chi connectivity index (χ3n) is 6.00. The van der Waals surface area contributed by atoms with E-state index in [4.69, 9.17) is 5.26 Å². The van der Waals surface area contributed by atoms with Crippen LogP contribution in [0.25, 0.3) is 0 Å². The van der Waals surface area contributed by atoms with Crippen LogP contribution < -0.4 is 0 Å². The Morgan fingerprint density at radius 3 is 2.58 bits per heavy atom. The predicted molar refractivity (Wildman–Crippen MR) is 133 cm³/mol. The van der Waals surface area contributed by atoms with Gasteiger partial charge in [-0.15, -0.1) is 21.5 Å². The van der Waals surface area contributed by atoms with Crippen molar-refractivity contribution in [2.75, 3.05) is 13.1 Å². The highest BCUT2D eigenvalue weighted by molar-refractivity contribution is 7.09. The lowest BCUT2D eigenvalue weighted by Gasteiger charge is -2.24. The van der Waals surface area contributed by atoms with E-state index in [2.05, 4.69) is 80.5 Å². The largest absolute Gasteiger partial charge is 0.312 e. The molecular weight excluding hydrogens is 426 g/mol. The molecule has 0 spiro atoms. The van der Waals surface area contributed by atoms with Crippen molar-refractivity contribution in [3.8, 4) is 6.07 Å². The van der Waals surface area contributed by atoms with Crippen LogP contribution in [0.1, 0.15) is 46.7 Å². The molecule has 1 atom stereocenters. The van der Waals surface area contributed by atoms with Gasteiger partial charge in [0.1, 0.15) is 12.2 Å². The van der Waals surface area contributed by atoms with Gasteiger partial charge in [-0.05, 0) is 60.0 Å². The Labute approximate surface area is 200 Å². The average molecular weight is 456 g/mol. The standard InChI is InChI=1S/C27H29N5S/c1-22(25-6-3-2-4-7-25)13-15-31(16-14-26-8-5-17-33-26)20-27-30-29-21-32(27)19-24-11-9-23(18-28)10-12-24/h2-12,17,21-22H,13-16,19-20H2,1H3. The van der Waals surface area contributed by atoms with Gasteiger partial charge >= 0.3 is 0 Å². The molecule has 0 aliphatic rings. The zero-order valence-electron chi connectivity index (χ0n) is 19.0. The van der Waals surface area contributed by atoms with Crippen LogP contribution in [0, 0.1) is 11.3 Å². The van der Waals surface area contributed by atoms with Gasteiger partial charge in [-0.3, -0.25) is 4.90 Å². The summed E-state index contributed by atoms with van der Waals surface area (Å²) in [4.78, 5) is 3.91. The summed E-state index contributed by atoms with van der Waals surface area (Å²) in [5.74, 6) is 1.48. The molecule has 168 valence electrons. The van der Waals surface area contributed by atoms with Gasteiger partial charge < -0.3 is 4.57 Å². The lowest BCUT2D eigenvalue weighted by Crippen LogP contribution is -2.29. The quantitative estimate of drug-likeness (QED) is 0.300. The summed E-state index contributed by atoms with van der Waals surface area (Å²) in [7, 11) is 0. The fraction of sp³-hybridized carbons (Fsp3) is 0.296. The van der Waals surface area contributed by atoms with Gasteiger partial charge in [0.05, 0.1) is 24.7 Å². The summed E-state index contributed by atoms with van der Waals surface area (Å²) in [6.45, 7) is 5.77. The summed E-state index contributed by atoms with van der Waals surface area (Å²) in [6.07, 6.45) is 3.94. The van der Waals surface area contributed by atoms with E-state index in [1.54, 1.807) is 6.33 Å². The van der Waals surface area contributed by atoms with Gasteiger partial charge in [0, 0.05) is 11.4 Å². The van der Waals surface area contributed by atoms with E-state index >= 15 is 0 Å². The summed E-state index contributed by atoms with van der Waals surface area (Å²) >= 11 is 1.82. The van der Waals surface area contributed by atoms with Gasteiger partial charge in [-0.1, -0.05) is 55.5 Å². The molecule has 0 bridgehead atoms. The molecule has 5 nitrogen and oxygen atoms in total. The number of nitriles is 1. The fourth-order valence-electron chi connectivity index (χ4n) is 3.93. The molecule has 6 heteroatoms. The third kappa shape index (κ3) is 6.61. The normalized spacial score (nSPS) is 12.0. The lowest BCUT2D eigenvalue weighted by molar-refractivity contribution is 0.250.